The van der Waals surface area contributed by atoms with Crippen LogP contribution in [-0.4, -0.2) is 84.0 Å². The second-order valence-electron chi connectivity index (χ2n) is 8.56. The van der Waals surface area contributed by atoms with Gasteiger partial charge in [-0.15, -0.1) is 0 Å². The van der Waals surface area contributed by atoms with Gasteiger partial charge in [0.1, 0.15) is 0 Å². The topological polar surface area (TPSA) is 19.4 Å². The van der Waals surface area contributed by atoms with Crippen LogP contribution >= 0.6 is 0 Å². The van der Waals surface area contributed by atoms with E-state index >= 15 is 0 Å². The molecule has 0 amide bonds. The first-order valence-electron chi connectivity index (χ1n) is 10.1. The molecule has 0 bridgehead atoms. The van der Waals surface area contributed by atoms with E-state index in [1.54, 1.807) is 0 Å². The first kappa shape index (κ1) is 22.9. The summed E-state index contributed by atoms with van der Waals surface area (Å²) in [6, 6.07) is 17.5. The summed E-state index contributed by atoms with van der Waals surface area (Å²) in [5.41, 5.74) is 4.72. The van der Waals surface area contributed by atoms with Gasteiger partial charge in [0.25, 0.3) is 0 Å². The second kappa shape index (κ2) is 9.15. The molecule has 1 aliphatic heterocycles. The molecule has 0 N–H and O–H groups in total. The molecule has 1 heterocycles. The van der Waals surface area contributed by atoms with Gasteiger partial charge in [0.05, 0.1) is 0 Å². The molecule has 0 unspecified atom stereocenters. The fourth-order valence-electron chi connectivity index (χ4n) is 3.91. The molecule has 0 saturated carbocycles. The molecule has 0 atom stereocenters. The zero-order valence-corrected chi connectivity index (χ0v) is 20.8. The minimum absolute atomic E-state index is 0.142. The molecule has 1 saturated heterocycles. The van der Waals surface area contributed by atoms with Gasteiger partial charge in [-0.1, -0.05) is 0 Å². The zero-order chi connectivity index (χ0) is 22.2. The van der Waals surface area contributed by atoms with Crippen LogP contribution in [0.25, 0.3) is 0 Å². The van der Waals surface area contributed by atoms with E-state index in [0.29, 0.717) is 0 Å². The summed E-state index contributed by atoms with van der Waals surface area (Å²) >= 11 is 3.61. The molecule has 2 aromatic rings. The van der Waals surface area contributed by atoms with E-state index in [-0.39, 0.29) is 13.7 Å². The predicted molar refractivity (Wildman–Crippen MR) is 130 cm³/mol. The Morgan fingerprint density at radius 1 is 0.567 bits per heavy atom. The third-order valence-corrected chi connectivity index (χ3v) is 6.26. The summed E-state index contributed by atoms with van der Waals surface area (Å²) in [5.74, 6) is 0. The van der Waals surface area contributed by atoms with Crippen molar-refractivity contribution in [2.75, 3.05) is 75.8 Å². The Morgan fingerprint density at radius 3 is 1.10 bits per heavy atom. The molecule has 0 radical (unpaired) electrons. The molecular formula is C21H32B2N6Pd. The Morgan fingerprint density at radius 2 is 0.867 bits per heavy atom. The summed E-state index contributed by atoms with van der Waals surface area (Å²) in [4.78, 5) is 13.6. The van der Waals surface area contributed by atoms with Crippen LogP contribution in [0, 0.1) is 0 Å². The Labute approximate surface area is 193 Å². The van der Waals surface area contributed by atoms with E-state index in [4.69, 9.17) is 0 Å². The monoisotopic (exact) mass is 496 g/mol. The molecule has 1 aliphatic rings. The average Bonchev–Trinajstić information content (AvgIpc) is 3.01. The van der Waals surface area contributed by atoms with E-state index in [0.717, 1.165) is 4.23 Å². The van der Waals surface area contributed by atoms with Crippen LogP contribution in [0.2, 0.25) is 0 Å². The van der Waals surface area contributed by atoms with Crippen LogP contribution in [0.15, 0.2) is 48.5 Å². The zero-order valence-electron chi connectivity index (χ0n) is 19.3. The van der Waals surface area contributed by atoms with Crippen LogP contribution in [0.5, 0.6) is 0 Å². The number of hydrogen-bond acceptors (Lipinski definition) is 6. The number of anilines is 4. The van der Waals surface area contributed by atoms with E-state index in [1.165, 1.54) is 22.7 Å². The molecule has 2 aromatic carbocycles. The standard InChI is InChI=1S/C21H32B2N6.Pd/c1-24(2)18-9-13-20(14-10-18)28-17-29(23(27(7)8)22(28)26(5)6)21-15-11-19(12-16-21)25(3)4;/h9-16H,1-8H3;. The molecule has 9 heteroatoms. The van der Waals surface area contributed by atoms with Gasteiger partial charge in [-0.3, -0.25) is 0 Å². The fourth-order valence-corrected chi connectivity index (χ4v) is 4.72. The maximum atomic E-state index is 3.61. The van der Waals surface area contributed by atoms with Gasteiger partial charge in [0, 0.05) is 0 Å². The molecule has 1 fully saturated rings. The van der Waals surface area contributed by atoms with Crippen molar-refractivity contribution < 1.29 is 18.7 Å². The fraction of sp³-hybridized carbons (Fsp3) is 0.381. The van der Waals surface area contributed by atoms with Crippen molar-refractivity contribution in [1.82, 2.24) is 9.62 Å². The van der Waals surface area contributed by atoms with E-state index in [2.05, 4.69) is 153 Å². The second-order valence-corrected chi connectivity index (χ2v) is 9.25. The summed E-state index contributed by atoms with van der Waals surface area (Å²) in [6.07, 6.45) is 0. The van der Waals surface area contributed by atoms with E-state index in [9.17, 15) is 0 Å². The van der Waals surface area contributed by atoms with Gasteiger partial charge in [0.2, 0.25) is 0 Å². The van der Waals surface area contributed by atoms with Gasteiger partial charge in [-0.25, -0.2) is 0 Å². The van der Waals surface area contributed by atoms with Crippen molar-refractivity contribution >= 4 is 40.7 Å². The number of hydrogen-bond donors (Lipinski definition) is 0. The maximum absolute atomic E-state index is 3.61. The van der Waals surface area contributed by atoms with Gasteiger partial charge < -0.3 is 0 Å². The Balaban J connectivity index is 2.06. The summed E-state index contributed by atoms with van der Waals surface area (Å²) < 4.78 is 1.07. The van der Waals surface area contributed by atoms with Gasteiger partial charge in [-0.2, -0.15) is 0 Å². The number of rotatable bonds is 6. The summed E-state index contributed by atoms with van der Waals surface area (Å²) in [5, 5.41) is 0. The normalized spacial score (nSPS) is 14.5. The number of nitrogens with zero attached hydrogens (tertiary/aromatic N) is 6. The Bertz CT molecular complexity index is 799. The number of benzene rings is 2. The van der Waals surface area contributed by atoms with Crippen LogP contribution in [0.4, 0.5) is 22.7 Å². The van der Waals surface area contributed by atoms with E-state index in [1.807, 2.05) is 0 Å². The summed E-state index contributed by atoms with van der Waals surface area (Å²) in [6.45, 7) is 0.284. The molecular weight excluding hydrogens is 464 g/mol. The molecule has 162 valence electrons. The van der Waals surface area contributed by atoms with Crippen molar-refractivity contribution in [2.24, 2.45) is 0 Å². The van der Waals surface area contributed by atoms with Crippen LogP contribution < -0.4 is 19.4 Å². The molecule has 0 aliphatic carbocycles. The molecule has 30 heavy (non-hydrogen) atoms. The van der Waals surface area contributed by atoms with Crippen molar-refractivity contribution in [3.8, 4) is 0 Å². The molecule has 6 nitrogen and oxygen atoms in total. The minimum atomic E-state index is 0.142. The first-order valence-corrected chi connectivity index (χ1v) is 10.9. The third-order valence-electron chi connectivity index (χ3n) is 5.51. The van der Waals surface area contributed by atoms with Crippen LogP contribution in [-0.2, 0) is 18.7 Å². The van der Waals surface area contributed by atoms with Crippen molar-refractivity contribution in [1.29, 1.82) is 0 Å². The van der Waals surface area contributed by atoms with Crippen LogP contribution in [0.3, 0.4) is 0 Å². The van der Waals surface area contributed by atoms with Gasteiger partial charge in [-0.05, 0) is 0 Å². The average molecular weight is 497 g/mol. The third kappa shape index (κ3) is 4.31. The van der Waals surface area contributed by atoms with Crippen LogP contribution in [0.1, 0.15) is 0 Å². The van der Waals surface area contributed by atoms with Crippen molar-refractivity contribution in [3.63, 3.8) is 0 Å². The van der Waals surface area contributed by atoms with E-state index < -0.39 is 0 Å². The Hall–Kier alpha value is -1.78. The van der Waals surface area contributed by atoms with Gasteiger partial charge >= 0.3 is 193 Å². The Kier molecular flexibility index (Phi) is 6.99. The first-order chi connectivity index (χ1) is 14.1. The predicted octanol–water partition coefficient (Wildman–Crippen LogP) is 1.96. The molecule has 3 rings (SSSR count). The molecule has 0 spiro atoms. The quantitative estimate of drug-likeness (QED) is 0.566. The van der Waals surface area contributed by atoms with Gasteiger partial charge in [0.15, 0.2) is 0 Å². The summed E-state index contributed by atoms with van der Waals surface area (Å²) in [7, 11) is 16.8. The SMILES string of the molecule is CN(C)B1B(N(C)C)N(c2ccc(N(C)C)cc2)[C](=[Pd])N1c1ccc(N(C)C)cc1. The van der Waals surface area contributed by atoms with Crippen molar-refractivity contribution in [2.45, 2.75) is 0 Å². The van der Waals surface area contributed by atoms with Crippen molar-refractivity contribution in [3.05, 3.63) is 48.5 Å². The molecule has 0 aromatic heterocycles.